The van der Waals surface area contributed by atoms with E-state index in [-0.39, 0.29) is 0 Å². The van der Waals surface area contributed by atoms with E-state index in [1.165, 1.54) is 0 Å². The lowest BCUT2D eigenvalue weighted by Crippen LogP contribution is -2.56. The number of benzene rings is 1. The van der Waals surface area contributed by atoms with Crippen LogP contribution in [0.1, 0.15) is 11.5 Å². The molecule has 2 rings (SSSR count). The summed E-state index contributed by atoms with van der Waals surface area (Å²) in [7, 11) is 0. The highest BCUT2D eigenvalue weighted by Crippen LogP contribution is 2.39. The van der Waals surface area contributed by atoms with Gasteiger partial charge in [0.2, 0.25) is 0 Å². The first-order valence-corrected chi connectivity index (χ1v) is 6.48. The Balaban J connectivity index is 2.54. The van der Waals surface area contributed by atoms with E-state index in [0.717, 1.165) is 5.56 Å². The van der Waals surface area contributed by atoms with Crippen LogP contribution in [0.3, 0.4) is 0 Å². The van der Waals surface area contributed by atoms with Crippen LogP contribution in [-0.2, 0) is 0 Å². The molecular formula is C13H11ClN4S. The Labute approximate surface area is 121 Å². The average Bonchev–Trinajstić information content (AvgIpc) is 2.38. The molecule has 1 fully saturated rings. The van der Waals surface area contributed by atoms with Crippen LogP contribution in [0.15, 0.2) is 24.3 Å². The highest BCUT2D eigenvalue weighted by Gasteiger charge is 2.42. The first kappa shape index (κ1) is 13.8. The minimum atomic E-state index is -0.598. The molecule has 0 saturated carbocycles. The summed E-state index contributed by atoms with van der Waals surface area (Å²) in [4.78, 5) is 0.367. The summed E-state index contributed by atoms with van der Waals surface area (Å²) < 4.78 is 0. The molecule has 0 spiro atoms. The van der Waals surface area contributed by atoms with Crippen molar-refractivity contribution < 1.29 is 0 Å². The summed E-state index contributed by atoms with van der Waals surface area (Å²) in [5.41, 5.74) is 6.64. The molecule has 0 bridgehead atoms. The number of piperidine rings is 1. The average molecular weight is 291 g/mol. The Morgan fingerprint density at radius 1 is 1.26 bits per heavy atom. The van der Waals surface area contributed by atoms with Gasteiger partial charge >= 0.3 is 0 Å². The van der Waals surface area contributed by atoms with Crippen molar-refractivity contribution in [2.75, 3.05) is 0 Å². The number of nitrogens with zero attached hydrogens (tertiary/aromatic N) is 2. The quantitative estimate of drug-likeness (QED) is 0.772. The fourth-order valence-electron chi connectivity index (χ4n) is 2.36. The normalized spacial score (nSPS) is 30.0. The van der Waals surface area contributed by atoms with Gasteiger partial charge in [0.25, 0.3) is 0 Å². The summed E-state index contributed by atoms with van der Waals surface area (Å²) >= 11 is 11.3. The summed E-state index contributed by atoms with van der Waals surface area (Å²) in [6.07, 6.45) is -0.594. The molecule has 0 aromatic heterocycles. The lowest BCUT2D eigenvalue weighted by molar-refractivity contribution is 0.352. The van der Waals surface area contributed by atoms with E-state index in [4.69, 9.17) is 29.6 Å². The molecule has 4 nitrogen and oxygen atoms in total. The van der Waals surface area contributed by atoms with Gasteiger partial charge in [-0.25, -0.2) is 0 Å². The molecule has 1 saturated heterocycles. The number of hydrogen-bond donors (Lipinski definition) is 2. The van der Waals surface area contributed by atoms with Crippen LogP contribution in [0.2, 0.25) is 5.02 Å². The molecule has 6 heteroatoms. The maximum Gasteiger partial charge on any atom is 0.105 e. The van der Waals surface area contributed by atoms with Crippen molar-refractivity contribution in [3.8, 4) is 12.1 Å². The Bertz CT molecular complexity index is 589. The third-order valence-corrected chi connectivity index (χ3v) is 3.99. The summed E-state index contributed by atoms with van der Waals surface area (Å²) in [6, 6.07) is 11.5. The zero-order valence-electron chi connectivity index (χ0n) is 9.88. The number of nitriles is 2. The maximum absolute atomic E-state index is 9.32. The zero-order chi connectivity index (χ0) is 14.0. The SMILES string of the molecule is N#CC1C(=S)NC(N)C(C#N)C1c1ccccc1Cl. The monoisotopic (exact) mass is 290 g/mol. The number of thiocarbonyl (C=S) groups is 1. The first-order valence-electron chi connectivity index (χ1n) is 5.69. The third kappa shape index (κ3) is 2.41. The second-order valence-electron chi connectivity index (χ2n) is 4.34. The molecule has 4 atom stereocenters. The molecule has 1 aliphatic rings. The highest BCUT2D eigenvalue weighted by molar-refractivity contribution is 7.80. The van der Waals surface area contributed by atoms with Crippen LogP contribution in [-0.4, -0.2) is 11.2 Å². The van der Waals surface area contributed by atoms with Crippen LogP contribution >= 0.6 is 23.8 Å². The molecule has 4 unspecified atom stereocenters. The van der Waals surface area contributed by atoms with E-state index in [2.05, 4.69) is 17.5 Å². The lowest BCUT2D eigenvalue weighted by Gasteiger charge is -2.37. The van der Waals surface area contributed by atoms with Crippen LogP contribution in [0.4, 0.5) is 0 Å². The molecule has 0 radical (unpaired) electrons. The molecule has 1 aromatic rings. The molecule has 1 aromatic carbocycles. The molecule has 1 aliphatic heterocycles. The molecule has 1 heterocycles. The van der Waals surface area contributed by atoms with Gasteiger partial charge in [0.05, 0.1) is 29.2 Å². The largest absolute Gasteiger partial charge is 0.362 e. The smallest absolute Gasteiger partial charge is 0.105 e. The van der Waals surface area contributed by atoms with Crippen LogP contribution in [0, 0.1) is 34.5 Å². The summed E-state index contributed by atoms with van der Waals surface area (Å²) in [5, 5.41) is 22.0. The number of rotatable bonds is 1. The minimum Gasteiger partial charge on any atom is -0.362 e. The van der Waals surface area contributed by atoms with Crippen molar-refractivity contribution in [1.82, 2.24) is 5.32 Å². The standard InChI is InChI=1S/C13H11ClN4S/c14-10-4-2-1-3-7(10)11-8(5-15)12(17)18-13(19)9(11)6-16/h1-4,8-9,11-12H,17H2,(H,18,19). The summed E-state index contributed by atoms with van der Waals surface area (Å²) in [6.45, 7) is 0. The third-order valence-electron chi connectivity index (χ3n) is 3.28. The van der Waals surface area contributed by atoms with Crippen molar-refractivity contribution in [1.29, 1.82) is 10.5 Å². The van der Waals surface area contributed by atoms with Crippen molar-refractivity contribution in [2.24, 2.45) is 17.6 Å². The molecule has 0 amide bonds. The predicted octanol–water partition coefficient (Wildman–Crippen LogP) is 1.92. The second kappa shape index (κ2) is 5.54. The van der Waals surface area contributed by atoms with Crippen molar-refractivity contribution in [3.05, 3.63) is 34.9 Å². The molecule has 0 aliphatic carbocycles. The van der Waals surface area contributed by atoms with Crippen molar-refractivity contribution >= 4 is 28.8 Å². The molecule has 96 valence electrons. The van der Waals surface area contributed by atoms with Gasteiger partial charge < -0.3 is 11.1 Å². The van der Waals surface area contributed by atoms with E-state index in [0.29, 0.717) is 10.0 Å². The van der Waals surface area contributed by atoms with Gasteiger partial charge in [-0.2, -0.15) is 10.5 Å². The first-order chi connectivity index (χ1) is 9.10. The van der Waals surface area contributed by atoms with Crippen LogP contribution in [0.5, 0.6) is 0 Å². The van der Waals surface area contributed by atoms with Gasteiger partial charge in [0.15, 0.2) is 0 Å². The molecule has 3 N–H and O–H groups in total. The fraction of sp³-hybridized carbons (Fsp3) is 0.308. The fourth-order valence-corrected chi connectivity index (χ4v) is 2.95. The van der Waals surface area contributed by atoms with Gasteiger partial charge in [-0.05, 0) is 11.6 Å². The summed E-state index contributed by atoms with van der Waals surface area (Å²) in [5.74, 6) is -1.57. The highest BCUT2D eigenvalue weighted by atomic mass is 35.5. The number of nitrogens with two attached hydrogens (primary N) is 1. The Morgan fingerprint density at radius 3 is 2.53 bits per heavy atom. The number of nitrogens with one attached hydrogen (secondary N) is 1. The Kier molecular flexibility index (Phi) is 4.01. The van der Waals surface area contributed by atoms with Gasteiger partial charge in [0, 0.05) is 10.9 Å². The molecule has 19 heavy (non-hydrogen) atoms. The van der Waals surface area contributed by atoms with Gasteiger partial charge in [0.1, 0.15) is 5.92 Å². The predicted molar refractivity (Wildman–Crippen MR) is 76.1 cm³/mol. The Morgan fingerprint density at radius 2 is 1.95 bits per heavy atom. The minimum absolute atomic E-state index is 0.367. The van der Waals surface area contributed by atoms with E-state index in [9.17, 15) is 10.5 Å². The van der Waals surface area contributed by atoms with Gasteiger partial charge in [-0.15, -0.1) is 0 Å². The van der Waals surface area contributed by atoms with Gasteiger partial charge in [-0.3, -0.25) is 0 Å². The van der Waals surface area contributed by atoms with Gasteiger partial charge in [-0.1, -0.05) is 42.0 Å². The topological polar surface area (TPSA) is 85.6 Å². The zero-order valence-corrected chi connectivity index (χ0v) is 11.4. The number of halogens is 1. The van der Waals surface area contributed by atoms with E-state index in [1.54, 1.807) is 12.1 Å². The van der Waals surface area contributed by atoms with E-state index < -0.39 is 23.9 Å². The number of hydrogen-bond acceptors (Lipinski definition) is 4. The molecular weight excluding hydrogens is 280 g/mol. The lowest BCUT2D eigenvalue weighted by atomic mass is 9.74. The maximum atomic E-state index is 9.32. The van der Waals surface area contributed by atoms with Crippen molar-refractivity contribution in [2.45, 2.75) is 12.1 Å². The van der Waals surface area contributed by atoms with E-state index in [1.807, 2.05) is 12.1 Å². The van der Waals surface area contributed by atoms with Crippen molar-refractivity contribution in [3.63, 3.8) is 0 Å². The Hall–Kier alpha value is -1.66. The van der Waals surface area contributed by atoms with Crippen LogP contribution < -0.4 is 11.1 Å². The second-order valence-corrected chi connectivity index (χ2v) is 5.19. The van der Waals surface area contributed by atoms with E-state index >= 15 is 0 Å². The van der Waals surface area contributed by atoms with Crippen LogP contribution in [0.25, 0.3) is 0 Å².